The minimum atomic E-state index is -0.452. The Hall–Kier alpha value is -2.24. The molecule has 1 aromatic carbocycles. The first-order valence-corrected chi connectivity index (χ1v) is 11.5. The van der Waals surface area contributed by atoms with Gasteiger partial charge in [-0.05, 0) is 18.6 Å². The summed E-state index contributed by atoms with van der Waals surface area (Å²) in [6, 6.07) is 7.60. The van der Waals surface area contributed by atoms with E-state index in [1.54, 1.807) is 23.8 Å². The van der Waals surface area contributed by atoms with Gasteiger partial charge in [0.25, 0.3) is 0 Å². The number of benzene rings is 1. The van der Waals surface area contributed by atoms with Crippen molar-refractivity contribution in [1.29, 1.82) is 0 Å². The number of hydrogen-bond acceptors (Lipinski definition) is 10. The number of nitrogens with zero attached hydrogens (tertiary/aromatic N) is 3. The SMILES string of the molecule is COC(=O)/C=C1/SCC(=O)N1CCCSc1nnc(Nc2cccc(OC)c2)s1. The van der Waals surface area contributed by atoms with E-state index in [0.29, 0.717) is 22.5 Å². The second-order valence-electron chi connectivity index (χ2n) is 5.77. The van der Waals surface area contributed by atoms with Gasteiger partial charge in [0.05, 0.1) is 31.1 Å². The van der Waals surface area contributed by atoms with Crippen LogP contribution in [0.3, 0.4) is 0 Å². The maximum absolute atomic E-state index is 12.0. The number of rotatable bonds is 9. The van der Waals surface area contributed by atoms with Crippen LogP contribution in [-0.4, -0.2) is 59.2 Å². The molecule has 1 aromatic heterocycles. The van der Waals surface area contributed by atoms with Crippen LogP contribution in [0.5, 0.6) is 5.75 Å². The van der Waals surface area contributed by atoms with Gasteiger partial charge in [0.1, 0.15) is 5.75 Å². The summed E-state index contributed by atoms with van der Waals surface area (Å²) in [5.41, 5.74) is 0.881. The number of carbonyl (C=O) groups excluding carboxylic acids is 2. The molecule has 1 N–H and O–H groups in total. The van der Waals surface area contributed by atoms with Crippen LogP contribution in [0.2, 0.25) is 0 Å². The number of carbonyl (C=O) groups is 2. The van der Waals surface area contributed by atoms with Gasteiger partial charge in [0.15, 0.2) is 4.34 Å². The molecule has 2 aromatic rings. The first-order valence-electron chi connectivity index (χ1n) is 8.69. The molecule has 154 valence electrons. The molecular formula is C18H20N4O4S3. The fourth-order valence-corrected chi connectivity index (χ4v) is 5.18. The summed E-state index contributed by atoms with van der Waals surface area (Å²) in [5.74, 6) is 1.46. The Labute approximate surface area is 181 Å². The summed E-state index contributed by atoms with van der Waals surface area (Å²) in [7, 11) is 2.95. The number of methoxy groups -OCH3 is 2. The third kappa shape index (κ3) is 6.12. The van der Waals surface area contributed by atoms with Gasteiger partial charge < -0.3 is 19.7 Å². The van der Waals surface area contributed by atoms with E-state index in [9.17, 15) is 9.59 Å². The van der Waals surface area contributed by atoms with Crippen molar-refractivity contribution >= 4 is 57.6 Å². The zero-order valence-electron chi connectivity index (χ0n) is 15.9. The number of amides is 1. The van der Waals surface area contributed by atoms with Crippen LogP contribution in [0.15, 0.2) is 39.7 Å². The highest BCUT2D eigenvalue weighted by molar-refractivity contribution is 8.04. The van der Waals surface area contributed by atoms with Gasteiger partial charge in [-0.1, -0.05) is 40.9 Å². The van der Waals surface area contributed by atoms with Crippen molar-refractivity contribution < 1.29 is 19.1 Å². The fourth-order valence-electron chi connectivity index (χ4n) is 2.45. The van der Waals surface area contributed by atoms with E-state index in [-0.39, 0.29) is 5.91 Å². The normalized spacial score (nSPS) is 15.0. The molecule has 0 radical (unpaired) electrons. The molecule has 0 aliphatic carbocycles. The van der Waals surface area contributed by atoms with E-state index in [2.05, 4.69) is 20.3 Å². The van der Waals surface area contributed by atoms with Crippen LogP contribution in [0.4, 0.5) is 10.8 Å². The maximum atomic E-state index is 12.0. The van der Waals surface area contributed by atoms with Gasteiger partial charge in [-0.15, -0.1) is 10.2 Å². The predicted molar refractivity (Wildman–Crippen MR) is 116 cm³/mol. The van der Waals surface area contributed by atoms with Crippen molar-refractivity contribution in [2.24, 2.45) is 0 Å². The molecule has 1 aliphatic heterocycles. The smallest absolute Gasteiger partial charge is 0.333 e. The molecule has 8 nitrogen and oxygen atoms in total. The summed E-state index contributed by atoms with van der Waals surface area (Å²) < 4.78 is 10.7. The molecule has 0 bridgehead atoms. The third-order valence-electron chi connectivity index (χ3n) is 3.83. The highest BCUT2D eigenvalue weighted by Crippen LogP contribution is 2.31. The zero-order valence-corrected chi connectivity index (χ0v) is 18.4. The highest BCUT2D eigenvalue weighted by atomic mass is 32.2. The van der Waals surface area contributed by atoms with E-state index in [0.717, 1.165) is 28.0 Å². The molecule has 29 heavy (non-hydrogen) atoms. The van der Waals surface area contributed by atoms with Gasteiger partial charge >= 0.3 is 5.97 Å². The molecule has 0 saturated carbocycles. The second-order valence-corrected chi connectivity index (χ2v) is 9.09. The van der Waals surface area contributed by atoms with E-state index in [4.69, 9.17) is 4.74 Å². The predicted octanol–water partition coefficient (Wildman–Crippen LogP) is 3.36. The Bertz CT molecular complexity index is 903. The third-order valence-corrected chi connectivity index (χ3v) is 6.92. The van der Waals surface area contributed by atoms with Gasteiger partial charge in [-0.2, -0.15) is 0 Å². The molecule has 1 fully saturated rings. The van der Waals surface area contributed by atoms with Crippen molar-refractivity contribution in [3.8, 4) is 5.75 Å². The van der Waals surface area contributed by atoms with Crippen LogP contribution >= 0.6 is 34.9 Å². The summed E-state index contributed by atoms with van der Waals surface area (Å²) in [4.78, 5) is 25.1. The highest BCUT2D eigenvalue weighted by Gasteiger charge is 2.26. The van der Waals surface area contributed by atoms with Gasteiger partial charge in [-0.25, -0.2) is 4.79 Å². The average Bonchev–Trinajstić information content (AvgIpc) is 3.32. The number of aromatic nitrogens is 2. The fraction of sp³-hybridized carbons (Fsp3) is 0.333. The van der Waals surface area contributed by atoms with Gasteiger partial charge in [-0.3, -0.25) is 4.79 Å². The quantitative estimate of drug-likeness (QED) is 0.266. The lowest BCUT2D eigenvalue weighted by Gasteiger charge is -2.16. The van der Waals surface area contributed by atoms with Crippen molar-refractivity contribution in [3.63, 3.8) is 0 Å². The first-order chi connectivity index (χ1) is 14.1. The minimum absolute atomic E-state index is 0.0100. The molecule has 11 heteroatoms. The molecular weight excluding hydrogens is 432 g/mol. The molecule has 1 amide bonds. The molecule has 2 heterocycles. The number of hydrogen-bond donors (Lipinski definition) is 1. The number of ether oxygens (including phenoxy) is 2. The van der Waals surface area contributed by atoms with Crippen LogP contribution in [0.1, 0.15) is 6.42 Å². The van der Waals surface area contributed by atoms with E-state index in [1.165, 1.54) is 36.3 Å². The van der Waals surface area contributed by atoms with Crippen LogP contribution < -0.4 is 10.1 Å². The maximum Gasteiger partial charge on any atom is 0.333 e. The van der Waals surface area contributed by atoms with Gasteiger partial charge in [0, 0.05) is 24.1 Å². The number of nitrogens with one attached hydrogen (secondary N) is 1. The molecule has 0 spiro atoms. The Morgan fingerprint density at radius 2 is 2.24 bits per heavy atom. The van der Waals surface area contributed by atoms with Crippen molar-refractivity contribution in [1.82, 2.24) is 15.1 Å². The molecule has 0 unspecified atom stereocenters. The number of thioether (sulfide) groups is 2. The molecule has 1 aliphatic rings. The van der Waals surface area contributed by atoms with Gasteiger partial charge in [0.2, 0.25) is 11.0 Å². The zero-order chi connectivity index (χ0) is 20.6. The van der Waals surface area contributed by atoms with Crippen LogP contribution in [0.25, 0.3) is 0 Å². The van der Waals surface area contributed by atoms with Crippen molar-refractivity contribution in [3.05, 3.63) is 35.4 Å². The lowest BCUT2D eigenvalue weighted by molar-refractivity contribution is -0.134. The Kier molecular flexibility index (Phi) is 7.78. The average molecular weight is 453 g/mol. The summed E-state index contributed by atoms with van der Waals surface area (Å²) in [6.07, 6.45) is 2.14. The Morgan fingerprint density at radius 1 is 1.38 bits per heavy atom. The number of anilines is 2. The monoisotopic (exact) mass is 452 g/mol. The molecule has 0 atom stereocenters. The lowest BCUT2D eigenvalue weighted by Crippen LogP contribution is -2.26. The first kappa shape index (κ1) is 21.5. The summed E-state index contributed by atoms with van der Waals surface area (Å²) >= 11 is 4.41. The van der Waals surface area contributed by atoms with E-state index < -0.39 is 5.97 Å². The Morgan fingerprint density at radius 3 is 3.03 bits per heavy atom. The van der Waals surface area contributed by atoms with E-state index in [1.807, 2.05) is 24.3 Å². The van der Waals surface area contributed by atoms with Crippen LogP contribution in [0, 0.1) is 0 Å². The lowest BCUT2D eigenvalue weighted by atomic mass is 10.3. The Balaban J connectivity index is 1.47. The largest absolute Gasteiger partial charge is 0.497 e. The standard InChI is InChI=1S/C18H20N4O4S3/c1-25-13-6-3-5-12(9-13)19-17-20-21-18(29-17)27-8-4-7-22-14(23)11-28-15(22)10-16(24)26-2/h3,5-6,9-10H,4,7-8,11H2,1-2H3,(H,19,20)/b15-10+. The summed E-state index contributed by atoms with van der Waals surface area (Å²) in [5, 5.41) is 12.9. The topological polar surface area (TPSA) is 93.7 Å². The summed E-state index contributed by atoms with van der Waals surface area (Å²) in [6.45, 7) is 0.551. The number of esters is 1. The molecule has 1 saturated heterocycles. The van der Waals surface area contributed by atoms with Crippen molar-refractivity contribution in [2.45, 2.75) is 10.8 Å². The van der Waals surface area contributed by atoms with Crippen molar-refractivity contribution in [2.75, 3.05) is 37.6 Å². The van der Waals surface area contributed by atoms with E-state index >= 15 is 0 Å². The minimum Gasteiger partial charge on any atom is -0.497 e. The van der Waals surface area contributed by atoms with Crippen LogP contribution in [-0.2, 0) is 14.3 Å². The second kappa shape index (κ2) is 10.5. The molecule has 3 rings (SSSR count).